The van der Waals surface area contributed by atoms with E-state index >= 15 is 0 Å². The zero-order valence-corrected chi connectivity index (χ0v) is 11.8. The van der Waals surface area contributed by atoms with Crippen molar-refractivity contribution in [1.82, 2.24) is 0 Å². The Labute approximate surface area is 102 Å². The normalized spacial score (nSPS) is 31.5. The lowest BCUT2D eigenvalue weighted by atomic mass is 9.63. The van der Waals surface area contributed by atoms with Gasteiger partial charge in [-0.05, 0) is 74.0 Å². The molecule has 0 aromatic rings. The fourth-order valence-electron chi connectivity index (χ4n) is 3.79. The van der Waals surface area contributed by atoms with E-state index in [0.717, 1.165) is 11.8 Å². The molecule has 0 heteroatoms. The van der Waals surface area contributed by atoms with E-state index in [1.165, 1.54) is 51.4 Å². The van der Waals surface area contributed by atoms with Crippen LogP contribution in [0.3, 0.4) is 0 Å². The van der Waals surface area contributed by atoms with Crippen LogP contribution in [0.4, 0.5) is 0 Å². The van der Waals surface area contributed by atoms with Crippen LogP contribution in [0, 0.1) is 22.7 Å². The van der Waals surface area contributed by atoms with Crippen LogP contribution >= 0.6 is 0 Å². The predicted molar refractivity (Wildman–Crippen MR) is 71.5 cm³/mol. The first kappa shape index (κ1) is 12.5. The summed E-state index contributed by atoms with van der Waals surface area (Å²) in [6.07, 6.45) is 11.9. The van der Waals surface area contributed by atoms with Crippen molar-refractivity contribution < 1.29 is 0 Å². The zero-order chi connectivity index (χ0) is 11.8. The third kappa shape index (κ3) is 3.02. The lowest BCUT2D eigenvalue weighted by Crippen LogP contribution is -2.30. The van der Waals surface area contributed by atoms with E-state index in [4.69, 9.17) is 0 Å². The molecule has 0 radical (unpaired) electrons. The van der Waals surface area contributed by atoms with Crippen molar-refractivity contribution in [3.63, 3.8) is 0 Å². The molecule has 0 atom stereocenters. The van der Waals surface area contributed by atoms with Gasteiger partial charge in [0.2, 0.25) is 0 Å². The average molecular weight is 222 g/mol. The molecule has 0 aromatic carbocycles. The largest absolute Gasteiger partial charge is 0.0599 e. The molecule has 2 aliphatic carbocycles. The molecule has 0 N–H and O–H groups in total. The molecule has 0 aromatic heterocycles. The molecule has 0 bridgehead atoms. The monoisotopic (exact) mass is 222 g/mol. The van der Waals surface area contributed by atoms with Crippen LogP contribution in [0.15, 0.2) is 0 Å². The van der Waals surface area contributed by atoms with E-state index in [1.54, 1.807) is 0 Å². The van der Waals surface area contributed by atoms with Crippen molar-refractivity contribution in [3.05, 3.63) is 0 Å². The summed E-state index contributed by atoms with van der Waals surface area (Å²) in [7, 11) is 0. The Morgan fingerprint density at radius 1 is 0.562 bits per heavy atom. The van der Waals surface area contributed by atoms with Crippen LogP contribution in [0.2, 0.25) is 0 Å². The van der Waals surface area contributed by atoms with Crippen molar-refractivity contribution >= 4 is 0 Å². The van der Waals surface area contributed by atoms with E-state index in [0.29, 0.717) is 10.8 Å². The Hall–Kier alpha value is 0. The van der Waals surface area contributed by atoms with Gasteiger partial charge < -0.3 is 0 Å². The standard InChI is InChI=1S/C16H30/c1-15(2)9-5-13(6-10-15)14-7-11-16(3,4)12-8-14/h13-14H,5-12H2,1-4H3. The van der Waals surface area contributed by atoms with Gasteiger partial charge in [0.15, 0.2) is 0 Å². The van der Waals surface area contributed by atoms with Gasteiger partial charge in [0.1, 0.15) is 0 Å². The summed E-state index contributed by atoms with van der Waals surface area (Å²) >= 11 is 0. The summed E-state index contributed by atoms with van der Waals surface area (Å²) in [6.45, 7) is 9.81. The van der Waals surface area contributed by atoms with Gasteiger partial charge >= 0.3 is 0 Å². The topological polar surface area (TPSA) is 0 Å². The summed E-state index contributed by atoms with van der Waals surface area (Å²) in [5, 5.41) is 0. The minimum absolute atomic E-state index is 0.643. The van der Waals surface area contributed by atoms with E-state index in [-0.39, 0.29) is 0 Å². The van der Waals surface area contributed by atoms with Gasteiger partial charge in [0.05, 0.1) is 0 Å². The van der Waals surface area contributed by atoms with E-state index in [2.05, 4.69) is 27.7 Å². The Bertz CT molecular complexity index is 190. The number of hydrogen-bond acceptors (Lipinski definition) is 0. The molecule has 16 heavy (non-hydrogen) atoms. The Morgan fingerprint density at radius 2 is 0.812 bits per heavy atom. The molecule has 0 spiro atoms. The first-order chi connectivity index (χ1) is 7.38. The van der Waals surface area contributed by atoms with Crippen molar-refractivity contribution in [1.29, 1.82) is 0 Å². The molecule has 2 aliphatic rings. The lowest BCUT2D eigenvalue weighted by molar-refractivity contribution is 0.0934. The second kappa shape index (κ2) is 4.35. The summed E-state index contributed by atoms with van der Waals surface area (Å²) in [5.41, 5.74) is 1.29. The smallest absolute Gasteiger partial charge is 0.0354 e. The highest BCUT2D eigenvalue weighted by Gasteiger charge is 2.35. The molecule has 0 heterocycles. The van der Waals surface area contributed by atoms with Crippen molar-refractivity contribution in [2.24, 2.45) is 22.7 Å². The first-order valence-corrected chi connectivity index (χ1v) is 7.38. The maximum atomic E-state index is 2.45. The molecule has 2 fully saturated rings. The van der Waals surface area contributed by atoms with Crippen LogP contribution in [0.1, 0.15) is 79.1 Å². The van der Waals surface area contributed by atoms with Crippen molar-refractivity contribution in [3.8, 4) is 0 Å². The van der Waals surface area contributed by atoms with Gasteiger partial charge in [0, 0.05) is 0 Å². The molecule has 0 saturated heterocycles. The van der Waals surface area contributed by atoms with E-state index in [9.17, 15) is 0 Å². The molecule has 0 amide bonds. The summed E-state index contributed by atoms with van der Waals surface area (Å²) in [6, 6.07) is 0. The van der Waals surface area contributed by atoms with Crippen molar-refractivity contribution in [2.75, 3.05) is 0 Å². The number of hydrogen-bond donors (Lipinski definition) is 0. The van der Waals surface area contributed by atoms with Crippen LogP contribution in [-0.2, 0) is 0 Å². The molecule has 0 aliphatic heterocycles. The maximum absolute atomic E-state index is 2.45. The van der Waals surface area contributed by atoms with Gasteiger partial charge in [-0.15, -0.1) is 0 Å². The van der Waals surface area contributed by atoms with E-state index in [1.807, 2.05) is 0 Å². The molecule has 0 unspecified atom stereocenters. The van der Waals surface area contributed by atoms with Crippen LogP contribution in [0.5, 0.6) is 0 Å². The highest BCUT2D eigenvalue weighted by atomic mass is 14.4. The predicted octanol–water partition coefficient (Wildman–Crippen LogP) is 5.42. The summed E-state index contributed by atoms with van der Waals surface area (Å²) < 4.78 is 0. The van der Waals surface area contributed by atoms with Gasteiger partial charge in [-0.3, -0.25) is 0 Å². The van der Waals surface area contributed by atoms with Gasteiger partial charge in [-0.1, -0.05) is 27.7 Å². The highest BCUT2D eigenvalue weighted by Crippen LogP contribution is 2.47. The van der Waals surface area contributed by atoms with Crippen LogP contribution in [0.25, 0.3) is 0 Å². The minimum atomic E-state index is 0.643. The Morgan fingerprint density at radius 3 is 1.06 bits per heavy atom. The quantitative estimate of drug-likeness (QED) is 0.556. The average Bonchev–Trinajstić information content (AvgIpc) is 2.19. The molecular weight excluding hydrogens is 192 g/mol. The van der Waals surface area contributed by atoms with Gasteiger partial charge in [-0.2, -0.15) is 0 Å². The molecule has 2 rings (SSSR count). The summed E-state index contributed by atoms with van der Waals surface area (Å²) in [4.78, 5) is 0. The summed E-state index contributed by atoms with van der Waals surface area (Å²) in [5.74, 6) is 2.15. The van der Waals surface area contributed by atoms with Gasteiger partial charge in [0.25, 0.3) is 0 Å². The third-order valence-electron chi connectivity index (χ3n) is 5.43. The van der Waals surface area contributed by atoms with Gasteiger partial charge in [-0.25, -0.2) is 0 Å². The lowest BCUT2D eigenvalue weighted by Gasteiger charge is -2.42. The minimum Gasteiger partial charge on any atom is -0.0599 e. The second-order valence-corrected chi connectivity index (χ2v) is 8.00. The SMILES string of the molecule is CC1(C)CCC(C2CCC(C)(C)CC2)CC1. The third-order valence-corrected chi connectivity index (χ3v) is 5.43. The highest BCUT2D eigenvalue weighted by molar-refractivity contribution is 4.86. The second-order valence-electron chi connectivity index (χ2n) is 8.00. The zero-order valence-electron chi connectivity index (χ0n) is 11.8. The van der Waals surface area contributed by atoms with Crippen molar-refractivity contribution in [2.45, 2.75) is 79.1 Å². The molecule has 0 nitrogen and oxygen atoms in total. The Balaban J connectivity index is 1.82. The maximum Gasteiger partial charge on any atom is -0.0354 e. The number of rotatable bonds is 1. The molecule has 94 valence electrons. The fraction of sp³-hybridized carbons (Fsp3) is 1.00. The first-order valence-electron chi connectivity index (χ1n) is 7.38. The molecular formula is C16H30. The Kier molecular flexibility index (Phi) is 3.39. The van der Waals surface area contributed by atoms with E-state index < -0.39 is 0 Å². The molecule has 2 saturated carbocycles. The van der Waals surface area contributed by atoms with Crippen LogP contribution in [-0.4, -0.2) is 0 Å². The van der Waals surface area contributed by atoms with Crippen LogP contribution < -0.4 is 0 Å². The fourth-order valence-corrected chi connectivity index (χ4v) is 3.79.